The Morgan fingerprint density at radius 2 is 0.458 bits per heavy atom. The molecule has 0 saturated carbocycles. The van der Waals surface area contributed by atoms with Crippen molar-refractivity contribution < 1.29 is 59.1 Å². The Kier molecular flexibility index (Phi) is 21.6. The number of methoxy groups -OCH3 is 6. The molecule has 2 rings (SSSR count). The van der Waals surface area contributed by atoms with Crippen molar-refractivity contribution in [2.75, 3.05) is 153 Å². The summed E-state index contributed by atoms with van der Waals surface area (Å²) < 4.78 is 31.3. The lowest BCUT2D eigenvalue weighted by Gasteiger charge is -2.27. The van der Waals surface area contributed by atoms with Crippen molar-refractivity contribution in [2.24, 2.45) is 0 Å². The molecule has 0 bridgehead atoms. The number of rotatable bonds is 24. The van der Waals surface area contributed by atoms with E-state index in [1.807, 2.05) is 0 Å². The largest absolute Gasteiger partial charge is 0.376 e. The maximum Gasteiger partial charge on any atom is 0.235 e. The van der Waals surface area contributed by atoms with E-state index in [1.165, 1.54) is 0 Å². The van der Waals surface area contributed by atoms with E-state index in [9.17, 15) is 0 Å². The molecule has 0 aliphatic rings. The highest BCUT2D eigenvalue weighted by atomic mass is 16.5. The van der Waals surface area contributed by atoms with Gasteiger partial charge in [-0.3, -0.25) is 29.4 Å². The van der Waals surface area contributed by atoms with Gasteiger partial charge in [0.05, 0.1) is 0 Å². The lowest BCUT2D eigenvalue weighted by molar-refractivity contribution is 0.134. The molecule has 6 N–H and O–H groups in total. The quantitative estimate of drug-likeness (QED) is 0.0569. The summed E-state index contributed by atoms with van der Waals surface area (Å²) >= 11 is 0. The van der Waals surface area contributed by atoms with Gasteiger partial charge in [-0.25, -0.2) is 0 Å². The maximum absolute atomic E-state index is 9.11. The molecule has 2 aromatic heterocycles. The smallest absolute Gasteiger partial charge is 0.235 e. The van der Waals surface area contributed by atoms with E-state index in [1.54, 1.807) is 57.4 Å². The number of ether oxygens (including phenoxy) is 6. The minimum atomic E-state index is -0.601. The number of aliphatic hydroxyl groups is 6. The van der Waals surface area contributed by atoms with Crippen LogP contribution in [0.2, 0.25) is 0 Å². The second-order valence-electron chi connectivity index (χ2n) is 9.07. The number of anilines is 6. The first-order valence-electron chi connectivity index (χ1n) is 13.9. The number of aromatic nitrogens is 6. The van der Waals surface area contributed by atoms with Crippen LogP contribution in [0.3, 0.4) is 0 Å². The zero-order valence-electron chi connectivity index (χ0n) is 28.0. The van der Waals surface area contributed by atoms with Gasteiger partial charge in [0.25, 0.3) is 0 Å². The van der Waals surface area contributed by atoms with Crippen LogP contribution >= 0.6 is 0 Å². The van der Waals surface area contributed by atoms with Crippen LogP contribution in [-0.4, -0.2) is 184 Å². The molecule has 0 fully saturated rings. The third kappa shape index (κ3) is 13.1. The Morgan fingerprint density at radius 1 is 0.312 bits per heavy atom. The van der Waals surface area contributed by atoms with Crippen molar-refractivity contribution in [3.8, 4) is 0 Å². The number of nitrogens with zero attached hydrogens (tertiary/aromatic N) is 12. The van der Waals surface area contributed by atoms with Gasteiger partial charge >= 0.3 is 0 Å². The minimum absolute atomic E-state index is 0.168. The van der Waals surface area contributed by atoms with Gasteiger partial charge in [-0.1, -0.05) is 0 Å². The molecule has 0 saturated heterocycles. The van der Waals surface area contributed by atoms with Gasteiger partial charge in [-0.2, -0.15) is 29.9 Å². The van der Waals surface area contributed by atoms with Gasteiger partial charge in [0.2, 0.25) is 35.7 Å². The standard InChI is InChI=1S/C15H30N6O6.C9H18N6O6/c1-22-7-19(8-23-2)13-16-14(20(9-24-3)10-25-4)18-15(17-13)21(11-26-5)12-27-6;16-1-13(2-17)7-10-8(14(3-18)4-19)12-9(11-7)15(5-20)6-21/h7-12H2,1-6H3;16-21H,1-6H2. The fraction of sp³-hybridized carbons (Fsp3) is 0.750. The molecule has 0 aliphatic carbocycles. The summed E-state index contributed by atoms with van der Waals surface area (Å²) in [6, 6.07) is 0. The van der Waals surface area contributed by atoms with Crippen LogP contribution in [0.25, 0.3) is 0 Å². The van der Waals surface area contributed by atoms with Crippen molar-refractivity contribution in [1.29, 1.82) is 0 Å². The molecular weight excluding hydrogens is 648 g/mol. The normalized spacial score (nSPS) is 10.8. The van der Waals surface area contributed by atoms with E-state index in [4.69, 9.17) is 59.1 Å². The van der Waals surface area contributed by atoms with E-state index in [-0.39, 0.29) is 58.2 Å². The Morgan fingerprint density at radius 3 is 0.583 bits per heavy atom. The molecule has 0 aliphatic heterocycles. The maximum atomic E-state index is 9.11. The Balaban J connectivity index is 0.000000495. The van der Waals surface area contributed by atoms with E-state index in [0.29, 0.717) is 17.8 Å². The van der Waals surface area contributed by atoms with E-state index >= 15 is 0 Å². The van der Waals surface area contributed by atoms with Gasteiger partial charge in [-0.15, -0.1) is 0 Å². The Labute approximate surface area is 277 Å². The van der Waals surface area contributed by atoms with Crippen molar-refractivity contribution in [3.05, 3.63) is 0 Å². The van der Waals surface area contributed by atoms with Gasteiger partial charge in [0.1, 0.15) is 80.8 Å². The summed E-state index contributed by atoms with van der Waals surface area (Å²) in [6.07, 6.45) is 0. The first-order valence-corrected chi connectivity index (χ1v) is 13.9. The second-order valence-corrected chi connectivity index (χ2v) is 9.07. The zero-order chi connectivity index (χ0) is 35.9. The topological polar surface area (TPSA) is 274 Å². The van der Waals surface area contributed by atoms with E-state index < -0.39 is 40.4 Å². The van der Waals surface area contributed by atoms with E-state index in [2.05, 4.69) is 29.9 Å². The summed E-state index contributed by atoms with van der Waals surface area (Å²) in [5.41, 5.74) is 0. The van der Waals surface area contributed by atoms with Crippen molar-refractivity contribution in [1.82, 2.24) is 29.9 Å². The molecule has 2 heterocycles. The van der Waals surface area contributed by atoms with Crippen LogP contribution in [0.1, 0.15) is 0 Å². The van der Waals surface area contributed by atoms with Gasteiger partial charge in [0, 0.05) is 42.7 Å². The lowest BCUT2D eigenvalue weighted by Crippen LogP contribution is -2.36. The molecule has 0 unspecified atom stereocenters. The fourth-order valence-corrected chi connectivity index (χ4v) is 3.44. The van der Waals surface area contributed by atoms with Crippen molar-refractivity contribution in [3.63, 3.8) is 0 Å². The summed E-state index contributed by atoms with van der Waals surface area (Å²) in [5.74, 6) is 0.603. The summed E-state index contributed by atoms with van der Waals surface area (Å²) in [7, 11) is 9.48. The average molecular weight is 697 g/mol. The highest BCUT2D eigenvalue weighted by molar-refractivity contribution is 5.46. The van der Waals surface area contributed by atoms with Gasteiger partial charge in [-0.05, 0) is 0 Å². The molecule has 48 heavy (non-hydrogen) atoms. The van der Waals surface area contributed by atoms with Gasteiger partial charge in [0.15, 0.2) is 0 Å². The minimum Gasteiger partial charge on any atom is -0.376 e. The number of hydrogen-bond acceptors (Lipinski definition) is 24. The molecule has 0 radical (unpaired) electrons. The number of aliphatic hydroxyl groups excluding tert-OH is 6. The molecule has 24 heteroatoms. The first kappa shape index (κ1) is 42.4. The number of hydrogen-bond donors (Lipinski definition) is 6. The zero-order valence-corrected chi connectivity index (χ0v) is 28.0. The van der Waals surface area contributed by atoms with Crippen LogP contribution in [0.5, 0.6) is 0 Å². The Bertz CT molecular complexity index is 946. The monoisotopic (exact) mass is 696 g/mol. The van der Waals surface area contributed by atoms with Crippen LogP contribution in [-0.2, 0) is 28.4 Å². The van der Waals surface area contributed by atoms with Crippen LogP contribution in [0.4, 0.5) is 35.7 Å². The van der Waals surface area contributed by atoms with Crippen LogP contribution in [0, 0.1) is 0 Å². The predicted molar refractivity (Wildman–Crippen MR) is 168 cm³/mol. The molecule has 276 valence electrons. The third-order valence-corrected chi connectivity index (χ3v) is 5.63. The van der Waals surface area contributed by atoms with E-state index in [0.717, 1.165) is 14.7 Å². The molecule has 0 amide bonds. The van der Waals surface area contributed by atoms with Crippen molar-refractivity contribution >= 4 is 35.7 Å². The fourth-order valence-electron chi connectivity index (χ4n) is 3.44. The highest BCUT2D eigenvalue weighted by Crippen LogP contribution is 2.20. The van der Waals surface area contributed by atoms with Crippen LogP contribution in [0.15, 0.2) is 0 Å². The molecule has 24 nitrogen and oxygen atoms in total. The highest BCUT2D eigenvalue weighted by Gasteiger charge is 2.21. The molecule has 0 atom stereocenters. The average Bonchev–Trinajstić information content (AvgIpc) is 3.10. The van der Waals surface area contributed by atoms with Crippen molar-refractivity contribution in [2.45, 2.75) is 0 Å². The summed E-state index contributed by atoms with van der Waals surface area (Å²) in [5, 5.41) is 54.6. The van der Waals surface area contributed by atoms with Crippen LogP contribution < -0.4 is 29.4 Å². The third-order valence-electron chi connectivity index (χ3n) is 5.63. The predicted octanol–water partition coefficient (Wildman–Crippen LogP) is -4.10. The summed E-state index contributed by atoms with van der Waals surface area (Å²) in [4.78, 5) is 33.1. The first-order chi connectivity index (χ1) is 23.3. The molecule has 0 spiro atoms. The molecule has 0 aromatic carbocycles. The summed E-state index contributed by atoms with van der Waals surface area (Å²) in [6.45, 7) is -2.19. The van der Waals surface area contributed by atoms with Gasteiger partial charge < -0.3 is 59.1 Å². The Hall–Kier alpha value is -3.66. The SMILES string of the molecule is COCN(COC)c1nc(N(COC)COC)nc(N(COC)COC)n1.OCN(CO)c1nc(N(CO)CO)nc(N(CO)CO)n1. The molecule has 2 aromatic rings. The lowest BCUT2D eigenvalue weighted by atomic mass is 10.6. The second kappa shape index (κ2) is 24.5. The molecular formula is C24H48N12O12.